The van der Waals surface area contributed by atoms with E-state index >= 15 is 0 Å². The molecule has 0 aromatic heterocycles. The maximum Gasteiger partial charge on any atom is 0.235 e. The minimum absolute atomic E-state index is 0.00389. The van der Waals surface area contributed by atoms with Crippen molar-refractivity contribution in [3.05, 3.63) is 0 Å². The van der Waals surface area contributed by atoms with Crippen LogP contribution in [-0.4, -0.2) is 24.2 Å². The quantitative estimate of drug-likeness (QED) is 0.473. The first-order valence-corrected chi connectivity index (χ1v) is 4.42. The topological polar surface area (TPSA) is 58.9 Å². The summed E-state index contributed by atoms with van der Waals surface area (Å²) in [6, 6.07) is -0.0239. The lowest BCUT2D eigenvalue weighted by atomic mass is 9.83. The van der Waals surface area contributed by atoms with Gasteiger partial charge in [0.25, 0.3) is 0 Å². The normalized spacial score (nSPS) is 32.8. The molecule has 0 aliphatic heterocycles. The van der Waals surface area contributed by atoms with Crippen molar-refractivity contribution >= 4 is 12.2 Å². The van der Waals surface area contributed by atoms with Crippen LogP contribution in [0.5, 0.6) is 0 Å². The lowest BCUT2D eigenvalue weighted by Gasteiger charge is -2.27. The highest BCUT2D eigenvalue weighted by Crippen LogP contribution is 2.27. The zero-order valence-corrected chi connectivity index (χ0v) is 7.56. The fraction of sp³-hybridized carbons (Fsp3) is 0.778. The van der Waals surface area contributed by atoms with E-state index in [4.69, 9.17) is 0 Å². The smallest absolute Gasteiger partial charge is 0.211 e. The highest BCUT2D eigenvalue weighted by Gasteiger charge is 2.27. The Morgan fingerprint density at radius 3 is 2.46 bits per heavy atom. The molecule has 4 nitrogen and oxygen atoms in total. The third kappa shape index (κ3) is 2.62. The SMILES string of the molecule is C[C@@H]1CC[C@@H](N=C=O)C[C@H]1N=C=O. The van der Waals surface area contributed by atoms with Crippen molar-refractivity contribution in [2.45, 2.75) is 38.3 Å². The van der Waals surface area contributed by atoms with E-state index in [1.807, 2.05) is 6.92 Å². The van der Waals surface area contributed by atoms with Gasteiger partial charge in [0.15, 0.2) is 0 Å². The summed E-state index contributed by atoms with van der Waals surface area (Å²) < 4.78 is 0. The van der Waals surface area contributed by atoms with E-state index in [0.717, 1.165) is 12.8 Å². The third-order valence-electron chi connectivity index (χ3n) is 2.58. The monoisotopic (exact) mass is 180 g/mol. The van der Waals surface area contributed by atoms with Crippen LogP contribution in [0.25, 0.3) is 0 Å². The molecular weight excluding hydrogens is 168 g/mol. The van der Waals surface area contributed by atoms with Gasteiger partial charge in [0, 0.05) is 0 Å². The molecule has 0 unspecified atom stereocenters. The Morgan fingerprint density at radius 1 is 1.15 bits per heavy atom. The van der Waals surface area contributed by atoms with Crippen LogP contribution in [0.3, 0.4) is 0 Å². The van der Waals surface area contributed by atoms with Crippen LogP contribution >= 0.6 is 0 Å². The summed E-state index contributed by atoms with van der Waals surface area (Å²) in [5, 5.41) is 0. The molecule has 0 amide bonds. The minimum Gasteiger partial charge on any atom is -0.211 e. The fourth-order valence-electron chi connectivity index (χ4n) is 1.72. The van der Waals surface area contributed by atoms with Crippen LogP contribution in [0.1, 0.15) is 26.2 Å². The van der Waals surface area contributed by atoms with E-state index in [1.165, 1.54) is 0 Å². The molecule has 0 aromatic carbocycles. The molecule has 1 fully saturated rings. The second-order valence-corrected chi connectivity index (χ2v) is 3.45. The average molecular weight is 180 g/mol. The molecule has 4 heteroatoms. The summed E-state index contributed by atoms with van der Waals surface area (Å²) in [5.41, 5.74) is 0. The molecule has 0 N–H and O–H groups in total. The molecule has 1 aliphatic rings. The van der Waals surface area contributed by atoms with Crippen LogP contribution in [0.2, 0.25) is 0 Å². The number of rotatable bonds is 2. The van der Waals surface area contributed by atoms with Crippen molar-refractivity contribution in [3.63, 3.8) is 0 Å². The number of nitrogens with zero attached hydrogens (tertiary/aromatic N) is 2. The van der Waals surface area contributed by atoms with Gasteiger partial charge in [-0.3, -0.25) is 0 Å². The molecule has 1 aliphatic carbocycles. The largest absolute Gasteiger partial charge is 0.235 e. The van der Waals surface area contributed by atoms with E-state index in [0.29, 0.717) is 12.3 Å². The van der Waals surface area contributed by atoms with Crippen LogP contribution in [0.15, 0.2) is 9.98 Å². The van der Waals surface area contributed by atoms with Gasteiger partial charge in [-0.1, -0.05) is 6.92 Å². The summed E-state index contributed by atoms with van der Waals surface area (Å²) in [5.74, 6) is 0.388. The van der Waals surface area contributed by atoms with Crippen LogP contribution in [0, 0.1) is 5.92 Å². The van der Waals surface area contributed by atoms with Gasteiger partial charge in [-0.2, -0.15) is 0 Å². The molecule has 0 radical (unpaired) electrons. The molecular formula is C9H12N2O2. The number of hydrogen-bond acceptors (Lipinski definition) is 4. The van der Waals surface area contributed by atoms with Gasteiger partial charge < -0.3 is 0 Å². The van der Waals surface area contributed by atoms with Crippen molar-refractivity contribution in [2.24, 2.45) is 15.9 Å². The van der Waals surface area contributed by atoms with Crippen molar-refractivity contribution in [3.8, 4) is 0 Å². The van der Waals surface area contributed by atoms with Gasteiger partial charge >= 0.3 is 0 Å². The maximum atomic E-state index is 10.1. The van der Waals surface area contributed by atoms with E-state index in [2.05, 4.69) is 9.98 Å². The molecule has 0 aromatic rings. The molecule has 0 heterocycles. The van der Waals surface area contributed by atoms with Crippen LogP contribution in [-0.2, 0) is 9.59 Å². The van der Waals surface area contributed by atoms with Crippen molar-refractivity contribution in [1.82, 2.24) is 0 Å². The summed E-state index contributed by atoms with van der Waals surface area (Å²) in [4.78, 5) is 27.5. The number of hydrogen-bond donors (Lipinski definition) is 0. The van der Waals surface area contributed by atoms with Gasteiger partial charge in [0.2, 0.25) is 12.2 Å². The van der Waals surface area contributed by atoms with Gasteiger partial charge in [0.1, 0.15) is 0 Å². The Morgan fingerprint density at radius 2 is 1.85 bits per heavy atom. The first kappa shape index (κ1) is 9.85. The van der Waals surface area contributed by atoms with Crippen molar-refractivity contribution < 1.29 is 9.59 Å². The van der Waals surface area contributed by atoms with E-state index in [9.17, 15) is 9.59 Å². The molecule has 3 atom stereocenters. The van der Waals surface area contributed by atoms with E-state index in [1.54, 1.807) is 12.2 Å². The third-order valence-corrected chi connectivity index (χ3v) is 2.58. The van der Waals surface area contributed by atoms with Crippen molar-refractivity contribution in [1.29, 1.82) is 0 Å². The number of isocyanates is 2. The summed E-state index contributed by atoms with van der Waals surface area (Å²) in [6.07, 6.45) is 5.63. The molecule has 0 saturated heterocycles. The predicted octanol–water partition coefficient (Wildman–Crippen LogP) is 1.22. The Kier molecular flexibility index (Phi) is 3.56. The van der Waals surface area contributed by atoms with Gasteiger partial charge in [-0.25, -0.2) is 19.6 Å². The van der Waals surface area contributed by atoms with Gasteiger partial charge in [0.05, 0.1) is 12.1 Å². The Hall–Kier alpha value is -1.24. The van der Waals surface area contributed by atoms with Crippen molar-refractivity contribution in [2.75, 3.05) is 0 Å². The summed E-state index contributed by atoms with van der Waals surface area (Å²) in [6.45, 7) is 2.05. The Bertz CT molecular complexity index is 265. The first-order chi connectivity index (χ1) is 6.27. The highest BCUT2D eigenvalue weighted by molar-refractivity contribution is 5.35. The van der Waals surface area contributed by atoms with Crippen LogP contribution < -0.4 is 0 Å². The predicted molar refractivity (Wildman–Crippen MR) is 46.8 cm³/mol. The van der Waals surface area contributed by atoms with E-state index < -0.39 is 0 Å². The molecule has 0 spiro atoms. The number of aliphatic imine (C=N–C) groups is 2. The summed E-state index contributed by atoms with van der Waals surface area (Å²) in [7, 11) is 0. The van der Waals surface area contributed by atoms with E-state index in [-0.39, 0.29) is 12.1 Å². The standard InChI is InChI=1S/C9H12N2O2/c1-7-2-3-8(10-5-12)4-9(7)11-6-13/h7-9H,2-4H2,1H3/t7-,8-,9-/m1/s1. The lowest BCUT2D eigenvalue weighted by Crippen LogP contribution is -2.28. The van der Waals surface area contributed by atoms with Gasteiger partial charge in [-0.05, 0) is 25.2 Å². The van der Waals surface area contributed by atoms with Gasteiger partial charge in [-0.15, -0.1) is 0 Å². The number of carbonyl (C=O) groups excluding carboxylic acids is 2. The highest BCUT2D eigenvalue weighted by atomic mass is 16.1. The molecule has 1 saturated carbocycles. The molecule has 1 rings (SSSR count). The lowest BCUT2D eigenvalue weighted by molar-refractivity contribution is 0.302. The molecule has 70 valence electrons. The minimum atomic E-state index is -0.0200. The average Bonchev–Trinajstić information content (AvgIpc) is 2.12. The molecule has 0 bridgehead atoms. The summed E-state index contributed by atoms with van der Waals surface area (Å²) >= 11 is 0. The molecule has 13 heavy (non-hydrogen) atoms. The zero-order chi connectivity index (χ0) is 9.68. The maximum absolute atomic E-state index is 10.1. The fourth-order valence-corrected chi connectivity index (χ4v) is 1.72. The second-order valence-electron chi connectivity index (χ2n) is 3.45. The Balaban J connectivity index is 2.62. The van der Waals surface area contributed by atoms with Crippen LogP contribution in [0.4, 0.5) is 0 Å². The Labute approximate surface area is 76.8 Å². The zero-order valence-electron chi connectivity index (χ0n) is 7.56. The second kappa shape index (κ2) is 4.70. The first-order valence-electron chi connectivity index (χ1n) is 4.42.